The van der Waals surface area contributed by atoms with E-state index in [1.54, 1.807) is 12.1 Å². The fourth-order valence-corrected chi connectivity index (χ4v) is 5.04. The Hall–Kier alpha value is -0.970. The molecule has 2 saturated heterocycles. The van der Waals surface area contributed by atoms with Crippen molar-refractivity contribution in [2.75, 3.05) is 19.7 Å². The molecule has 132 valence electrons. The van der Waals surface area contributed by atoms with Crippen molar-refractivity contribution in [3.63, 3.8) is 0 Å². The molecule has 2 heterocycles. The predicted octanol–water partition coefficient (Wildman–Crippen LogP) is 3.19. The molecule has 3 fully saturated rings. The standard InChI is InChI=1S/C20H29FN2O/c1-20(2)18(16-9-12-24-19(16)20)22-15-7-10-23(11-8-15)13-14-5-3-4-6-17(14)21/h3-6,15-16,18-19,22H,7-13H2,1-2H3/t16-,18-,19+/m1/s1. The first-order chi connectivity index (χ1) is 11.6. The van der Waals surface area contributed by atoms with E-state index in [0.29, 0.717) is 24.1 Å². The molecule has 24 heavy (non-hydrogen) atoms. The molecule has 2 aliphatic heterocycles. The van der Waals surface area contributed by atoms with Gasteiger partial charge in [-0.2, -0.15) is 0 Å². The van der Waals surface area contributed by atoms with Crippen LogP contribution in [0.25, 0.3) is 0 Å². The van der Waals surface area contributed by atoms with E-state index in [0.717, 1.165) is 44.6 Å². The van der Waals surface area contributed by atoms with Crippen LogP contribution < -0.4 is 5.32 Å². The Balaban J connectivity index is 1.28. The number of likely N-dealkylation sites (tertiary alicyclic amines) is 1. The molecular weight excluding hydrogens is 303 g/mol. The first kappa shape index (κ1) is 16.5. The van der Waals surface area contributed by atoms with Crippen molar-refractivity contribution < 1.29 is 9.13 Å². The highest BCUT2D eigenvalue weighted by molar-refractivity contribution is 5.17. The van der Waals surface area contributed by atoms with E-state index < -0.39 is 0 Å². The average molecular weight is 332 g/mol. The number of rotatable bonds is 4. The zero-order valence-corrected chi connectivity index (χ0v) is 14.8. The maximum Gasteiger partial charge on any atom is 0.127 e. The number of benzene rings is 1. The minimum atomic E-state index is -0.0822. The number of fused-ring (bicyclic) bond motifs is 1. The summed E-state index contributed by atoms with van der Waals surface area (Å²) in [5, 5.41) is 3.93. The van der Waals surface area contributed by atoms with Crippen LogP contribution in [0.2, 0.25) is 0 Å². The lowest BCUT2D eigenvalue weighted by molar-refractivity contribution is -0.116. The second-order valence-corrected chi connectivity index (χ2v) is 8.35. The molecule has 1 N–H and O–H groups in total. The van der Waals surface area contributed by atoms with E-state index in [2.05, 4.69) is 24.1 Å². The van der Waals surface area contributed by atoms with Gasteiger partial charge in [-0.25, -0.2) is 4.39 Å². The van der Waals surface area contributed by atoms with Gasteiger partial charge in [0, 0.05) is 42.1 Å². The molecule has 4 heteroatoms. The van der Waals surface area contributed by atoms with Gasteiger partial charge in [0.1, 0.15) is 5.82 Å². The number of halogens is 1. The van der Waals surface area contributed by atoms with Crippen LogP contribution in [0.15, 0.2) is 24.3 Å². The van der Waals surface area contributed by atoms with Gasteiger partial charge in [0.25, 0.3) is 0 Å². The molecule has 1 saturated carbocycles. The summed E-state index contributed by atoms with van der Waals surface area (Å²) in [4.78, 5) is 2.38. The fourth-order valence-electron chi connectivity index (χ4n) is 5.04. The van der Waals surface area contributed by atoms with Crippen molar-refractivity contribution >= 4 is 0 Å². The van der Waals surface area contributed by atoms with Crippen LogP contribution in [0.1, 0.15) is 38.7 Å². The van der Waals surface area contributed by atoms with E-state index >= 15 is 0 Å². The fraction of sp³-hybridized carbons (Fsp3) is 0.700. The summed E-state index contributed by atoms with van der Waals surface area (Å²) in [7, 11) is 0. The molecule has 1 aliphatic carbocycles. The molecule has 3 nitrogen and oxygen atoms in total. The molecule has 3 atom stereocenters. The van der Waals surface area contributed by atoms with E-state index in [-0.39, 0.29) is 11.2 Å². The molecule has 0 unspecified atom stereocenters. The molecule has 0 aromatic heterocycles. The third-order valence-corrected chi connectivity index (χ3v) is 6.46. The summed E-state index contributed by atoms with van der Waals surface area (Å²) in [6, 6.07) is 8.32. The number of nitrogens with zero attached hydrogens (tertiary/aromatic N) is 1. The van der Waals surface area contributed by atoms with Crippen molar-refractivity contribution in [2.24, 2.45) is 11.3 Å². The van der Waals surface area contributed by atoms with Crippen molar-refractivity contribution in [1.82, 2.24) is 10.2 Å². The van der Waals surface area contributed by atoms with Crippen LogP contribution >= 0.6 is 0 Å². The predicted molar refractivity (Wildman–Crippen MR) is 93.3 cm³/mol. The molecule has 1 aromatic carbocycles. The van der Waals surface area contributed by atoms with Gasteiger partial charge in [-0.15, -0.1) is 0 Å². The summed E-state index contributed by atoms with van der Waals surface area (Å²) < 4.78 is 19.7. The summed E-state index contributed by atoms with van der Waals surface area (Å²) in [5.41, 5.74) is 1.07. The topological polar surface area (TPSA) is 24.5 Å². The first-order valence-electron chi connectivity index (χ1n) is 9.39. The van der Waals surface area contributed by atoms with Gasteiger partial charge in [0.15, 0.2) is 0 Å². The molecule has 0 amide bonds. The Morgan fingerprint density at radius 3 is 2.71 bits per heavy atom. The second-order valence-electron chi connectivity index (χ2n) is 8.35. The van der Waals surface area contributed by atoms with Crippen LogP contribution in [0.3, 0.4) is 0 Å². The van der Waals surface area contributed by atoms with E-state index in [9.17, 15) is 4.39 Å². The minimum Gasteiger partial charge on any atom is -0.377 e. The van der Waals surface area contributed by atoms with Gasteiger partial charge in [0.05, 0.1) is 6.10 Å². The van der Waals surface area contributed by atoms with Gasteiger partial charge < -0.3 is 10.1 Å². The zero-order valence-electron chi connectivity index (χ0n) is 14.8. The highest BCUT2D eigenvalue weighted by atomic mass is 19.1. The highest BCUT2D eigenvalue weighted by Crippen LogP contribution is 2.52. The third kappa shape index (κ3) is 2.89. The second kappa shape index (κ2) is 6.40. The van der Waals surface area contributed by atoms with Crippen LogP contribution in [-0.2, 0) is 11.3 Å². The Bertz CT molecular complexity index is 583. The SMILES string of the molecule is CC1(C)[C@H](NC2CCN(Cc3ccccc3F)CC2)[C@H]2CCO[C@@H]21. The lowest BCUT2D eigenvalue weighted by Gasteiger charge is -2.56. The molecule has 0 radical (unpaired) electrons. The summed E-state index contributed by atoms with van der Waals surface area (Å²) in [5.74, 6) is 0.623. The smallest absolute Gasteiger partial charge is 0.127 e. The third-order valence-electron chi connectivity index (χ3n) is 6.46. The molecular formula is C20H29FN2O. The highest BCUT2D eigenvalue weighted by Gasteiger charge is 2.59. The van der Waals surface area contributed by atoms with Crippen LogP contribution in [0.5, 0.6) is 0 Å². The maximum atomic E-state index is 13.8. The van der Waals surface area contributed by atoms with E-state index in [1.165, 1.54) is 6.42 Å². The van der Waals surface area contributed by atoms with Gasteiger partial charge in [-0.3, -0.25) is 4.90 Å². The Morgan fingerprint density at radius 1 is 1.21 bits per heavy atom. The number of hydrogen-bond acceptors (Lipinski definition) is 3. The zero-order chi connectivity index (χ0) is 16.7. The normalized spacial score (nSPS) is 33.2. The van der Waals surface area contributed by atoms with Gasteiger partial charge in [-0.1, -0.05) is 32.0 Å². The lowest BCUT2D eigenvalue weighted by Crippen LogP contribution is -2.67. The van der Waals surface area contributed by atoms with E-state index in [4.69, 9.17) is 4.74 Å². The summed E-state index contributed by atoms with van der Waals surface area (Å²) >= 11 is 0. The molecule has 4 rings (SSSR count). The monoisotopic (exact) mass is 332 g/mol. The van der Waals surface area contributed by atoms with Crippen molar-refractivity contribution in [2.45, 2.75) is 57.8 Å². The first-order valence-corrected chi connectivity index (χ1v) is 9.39. The van der Waals surface area contributed by atoms with Crippen LogP contribution in [0, 0.1) is 17.2 Å². The number of hydrogen-bond donors (Lipinski definition) is 1. The van der Waals surface area contributed by atoms with Crippen molar-refractivity contribution in [3.8, 4) is 0 Å². The lowest BCUT2D eigenvalue weighted by atomic mass is 9.57. The Morgan fingerprint density at radius 2 is 1.96 bits per heavy atom. The molecule has 0 spiro atoms. The molecule has 3 aliphatic rings. The van der Waals surface area contributed by atoms with Gasteiger partial charge in [-0.05, 0) is 38.4 Å². The summed E-state index contributed by atoms with van der Waals surface area (Å²) in [6.45, 7) is 8.42. The quantitative estimate of drug-likeness (QED) is 0.916. The van der Waals surface area contributed by atoms with Crippen LogP contribution in [0.4, 0.5) is 4.39 Å². The molecule has 0 bridgehead atoms. The number of piperidine rings is 1. The number of ether oxygens (including phenoxy) is 1. The minimum absolute atomic E-state index is 0.0822. The largest absolute Gasteiger partial charge is 0.377 e. The van der Waals surface area contributed by atoms with Gasteiger partial charge >= 0.3 is 0 Å². The van der Waals surface area contributed by atoms with Crippen molar-refractivity contribution in [1.29, 1.82) is 0 Å². The molecule has 1 aromatic rings. The van der Waals surface area contributed by atoms with Crippen molar-refractivity contribution in [3.05, 3.63) is 35.6 Å². The van der Waals surface area contributed by atoms with E-state index in [1.807, 2.05) is 12.1 Å². The Labute approximate surface area is 144 Å². The van der Waals surface area contributed by atoms with Crippen LogP contribution in [-0.4, -0.2) is 42.8 Å². The maximum absolute atomic E-state index is 13.8. The number of nitrogens with one attached hydrogen (secondary N) is 1. The Kier molecular flexibility index (Phi) is 4.40. The van der Waals surface area contributed by atoms with Gasteiger partial charge in [0.2, 0.25) is 0 Å². The average Bonchev–Trinajstić information content (AvgIpc) is 3.03. The summed E-state index contributed by atoms with van der Waals surface area (Å²) in [6.07, 6.45) is 3.97.